The van der Waals surface area contributed by atoms with Gasteiger partial charge >= 0.3 is 0 Å². The fraction of sp³-hybridized carbons (Fsp3) is 0.692. The minimum atomic E-state index is 0.482. The lowest BCUT2D eigenvalue weighted by Crippen LogP contribution is -2.31. The van der Waals surface area contributed by atoms with Crippen molar-refractivity contribution in [3.63, 3.8) is 0 Å². The van der Waals surface area contributed by atoms with Crippen LogP contribution >= 0.6 is 0 Å². The summed E-state index contributed by atoms with van der Waals surface area (Å²) in [4.78, 5) is 10.8. The molecule has 0 aliphatic carbocycles. The molecule has 0 aliphatic rings. The monoisotopic (exact) mass is 236 g/mol. The molecule has 2 N–H and O–H groups in total. The number of hydrogen-bond donors (Lipinski definition) is 1. The van der Waals surface area contributed by atoms with Crippen molar-refractivity contribution in [3.05, 3.63) is 18.1 Å². The Kier molecular flexibility index (Phi) is 5.91. The predicted molar refractivity (Wildman–Crippen MR) is 71.5 cm³/mol. The van der Waals surface area contributed by atoms with Gasteiger partial charge in [-0.2, -0.15) is 0 Å². The maximum absolute atomic E-state index is 5.53. The molecule has 1 aromatic rings. The molecule has 0 atom stereocenters. The van der Waals surface area contributed by atoms with E-state index in [4.69, 9.17) is 5.73 Å². The van der Waals surface area contributed by atoms with Crippen LogP contribution in [-0.4, -0.2) is 27.5 Å². The van der Waals surface area contributed by atoms with Gasteiger partial charge in [-0.15, -0.1) is 0 Å². The Balaban J connectivity index is 2.51. The summed E-state index contributed by atoms with van der Waals surface area (Å²) < 4.78 is 0. The Hall–Kier alpha value is -1.16. The van der Waals surface area contributed by atoms with Crippen LogP contribution in [0.3, 0.4) is 0 Å². The Morgan fingerprint density at radius 1 is 1.24 bits per heavy atom. The minimum absolute atomic E-state index is 0.482. The minimum Gasteiger partial charge on any atom is -0.382 e. The van der Waals surface area contributed by atoms with E-state index in [-0.39, 0.29) is 0 Å². The SMILES string of the molecule is CCCCCN(Cc1cnc(N)cn1)C(C)C. The van der Waals surface area contributed by atoms with Crippen molar-refractivity contribution in [2.45, 2.75) is 52.6 Å². The van der Waals surface area contributed by atoms with Crippen LogP contribution in [0.15, 0.2) is 12.4 Å². The highest BCUT2D eigenvalue weighted by atomic mass is 15.2. The molecule has 0 aliphatic heterocycles. The highest BCUT2D eigenvalue weighted by Gasteiger charge is 2.10. The molecule has 17 heavy (non-hydrogen) atoms. The van der Waals surface area contributed by atoms with Crippen LogP contribution in [0, 0.1) is 0 Å². The number of hydrogen-bond acceptors (Lipinski definition) is 4. The topological polar surface area (TPSA) is 55.0 Å². The normalized spacial score (nSPS) is 11.4. The van der Waals surface area contributed by atoms with E-state index < -0.39 is 0 Å². The lowest BCUT2D eigenvalue weighted by Gasteiger charge is -2.25. The van der Waals surface area contributed by atoms with Gasteiger partial charge in [0.2, 0.25) is 0 Å². The zero-order valence-electron chi connectivity index (χ0n) is 11.2. The standard InChI is InChI=1S/C13H24N4/c1-4-5-6-7-17(11(2)3)10-12-8-16-13(14)9-15-12/h8-9,11H,4-7,10H2,1-3H3,(H2,14,16). The van der Waals surface area contributed by atoms with E-state index in [1.165, 1.54) is 19.3 Å². The third kappa shape index (κ3) is 5.13. The molecule has 1 heterocycles. The largest absolute Gasteiger partial charge is 0.382 e. The summed E-state index contributed by atoms with van der Waals surface area (Å²) in [6.45, 7) is 8.64. The number of nitrogen functional groups attached to an aromatic ring is 1. The zero-order valence-corrected chi connectivity index (χ0v) is 11.2. The summed E-state index contributed by atoms with van der Waals surface area (Å²) in [6, 6.07) is 0.534. The molecule has 0 saturated heterocycles. The average Bonchev–Trinajstić information content (AvgIpc) is 2.30. The fourth-order valence-electron chi connectivity index (χ4n) is 1.74. The predicted octanol–water partition coefficient (Wildman–Crippen LogP) is 2.46. The lowest BCUT2D eigenvalue weighted by molar-refractivity contribution is 0.206. The van der Waals surface area contributed by atoms with Crippen molar-refractivity contribution in [2.75, 3.05) is 12.3 Å². The molecule has 4 nitrogen and oxygen atoms in total. The average molecular weight is 236 g/mol. The van der Waals surface area contributed by atoms with Crippen molar-refractivity contribution in [1.29, 1.82) is 0 Å². The number of anilines is 1. The summed E-state index contributed by atoms with van der Waals surface area (Å²) >= 11 is 0. The Morgan fingerprint density at radius 2 is 2.00 bits per heavy atom. The van der Waals surface area contributed by atoms with Gasteiger partial charge in [-0.05, 0) is 26.8 Å². The van der Waals surface area contributed by atoms with Crippen molar-refractivity contribution in [1.82, 2.24) is 14.9 Å². The first kappa shape index (κ1) is 13.9. The summed E-state index contributed by atoms with van der Waals surface area (Å²) in [5, 5.41) is 0. The van der Waals surface area contributed by atoms with Crippen LogP contribution in [0.4, 0.5) is 5.82 Å². The van der Waals surface area contributed by atoms with Crippen LogP contribution in [0.5, 0.6) is 0 Å². The van der Waals surface area contributed by atoms with E-state index >= 15 is 0 Å². The Morgan fingerprint density at radius 3 is 2.53 bits per heavy atom. The number of rotatable bonds is 7. The van der Waals surface area contributed by atoms with Crippen molar-refractivity contribution >= 4 is 5.82 Å². The van der Waals surface area contributed by atoms with E-state index in [0.717, 1.165) is 18.8 Å². The second kappa shape index (κ2) is 7.22. The molecule has 1 rings (SSSR count). The molecular weight excluding hydrogens is 212 g/mol. The molecule has 0 bridgehead atoms. The van der Waals surface area contributed by atoms with Crippen LogP contribution in [0.1, 0.15) is 45.7 Å². The molecule has 0 saturated carbocycles. The lowest BCUT2D eigenvalue weighted by atomic mass is 10.2. The summed E-state index contributed by atoms with van der Waals surface area (Å²) in [5.74, 6) is 0.482. The number of nitrogens with two attached hydrogens (primary N) is 1. The summed E-state index contributed by atoms with van der Waals surface area (Å²) in [7, 11) is 0. The fourth-order valence-corrected chi connectivity index (χ4v) is 1.74. The van der Waals surface area contributed by atoms with Gasteiger partial charge in [0.15, 0.2) is 0 Å². The van der Waals surface area contributed by atoms with Gasteiger partial charge in [-0.1, -0.05) is 19.8 Å². The molecule has 0 aromatic carbocycles. The van der Waals surface area contributed by atoms with Crippen LogP contribution in [0.2, 0.25) is 0 Å². The molecule has 0 unspecified atom stereocenters. The van der Waals surface area contributed by atoms with E-state index in [2.05, 4.69) is 35.6 Å². The van der Waals surface area contributed by atoms with E-state index in [0.29, 0.717) is 11.9 Å². The van der Waals surface area contributed by atoms with Gasteiger partial charge in [-0.25, -0.2) is 4.98 Å². The number of nitrogens with zero attached hydrogens (tertiary/aromatic N) is 3. The number of aromatic nitrogens is 2. The quantitative estimate of drug-likeness (QED) is 0.739. The first-order chi connectivity index (χ1) is 8.13. The van der Waals surface area contributed by atoms with Crippen molar-refractivity contribution < 1.29 is 0 Å². The van der Waals surface area contributed by atoms with Crippen molar-refractivity contribution in [3.8, 4) is 0 Å². The van der Waals surface area contributed by atoms with Gasteiger partial charge < -0.3 is 5.73 Å². The number of unbranched alkanes of at least 4 members (excludes halogenated alkanes) is 2. The molecular formula is C13H24N4. The Labute approximate surface area is 104 Å². The van der Waals surface area contributed by atoms with Crippen LogP contribution < -0.4 is 5.73 Å². The molecule has 1 aromatic heterocycles. The third-order valence-corrected chi connectivity index (χ3v) is 2.87. The van der Waals surface area contributed by atoms with Gasteiger partial charge in [0.1, 0.15) is 5.82 Å². The van der Waals surface area contributed by atoms with E-state index in [1.54, 1.807) is 12.4 Å². The molecule has 0 fully saturated rings. The molecule has 96 valence electrons. The second-order valence-electron chi connectivity index (χ2n) is 4.70. The highest BCUT2D eigenvalue weighted by molar-refractivity contribution is 5.22. The van der Waals surface area contributed by atoms with Gasteiger partial charge in [-0.3, -0.25) is 9.88 Å². The Bertz CT molecular complexity index is 308. The molecule has 4 heteroatoms. The smallest absolute Gasteiger partial charge is 0.141 e. The first-order valence-corrected chi connectivity index (χ1v) is 6.44. The molecule has 0 spiro atoms. The maximum Gasteiger partial charge on any atom is 0.141 e. The first-order valence-electron chi connectivity index (χ1n) is 6.44. The second-order valence-corrected chi connectivity index (χ2v) is 4.70. The summed E-state index contributed by atoms with van der Waals surface area (Å²) in [6.07, 6.45) is 7.19. The summed E-state index contributed by atoms with van der Waals surface area (Å²) in [5.41, 5.74) is 6.52. The highest BCUT2D eigenvalue weighted by Crippen LogP contribution is 2.08. The molecule has 0 amide bonds. The zero-order chi connectivity index (χ0) is 12.7. The molecule has 0 radical (unpaired) electrons. The van der Waals surface area contributed by atoms with E-state index in [1.807, 2.05) is 0 Å². The van der Waals surface area contributed by atoms with Gasteiger partial charge in [0.25, 0.3) is 0 Å². The maximum atomic E-state index is 5.53. The van der Waals surface area contributed by atoms with Crippen LogP contribution in [-0.2, 0) is 6.54 Å². The third-order valence-electron chi connectivity index (χ3n) is 2.87. The van der Waals surface area contributed by atoms with Crippen molar-refractivity contribution in [2.24, 2.45) is 0 Å². The van der Waals surface area contributed by atoms with Crippen LogP contribution in [0.25, 0.3) is 0 Å². The van der Waals surface area contributed by atoms with Gasteiger partial charge in [0, 0.05) is 12.6 Å². The van der Waals surface area contributed by atoms with E-state index in [9.17, 15) is 0 Å². The van der Waals surface area contributed by atoms with Gasteiger partial charge in [0.05, 0.1) is 18.1 Å².